The molecule has 2 atom stereocenters. The average Bonchev–Trinajstić information content (AvgIpc) is 2.28. The molecule has 1 rings (SSSR count). The summed E-state index contributed by atoms with van der Waals surface area (Å²) < 4.78 is 5.95. The molecule has 0 aliphatic carbocycles. The Morgan fingerprint density at radius 2 is 2.19 bits per heavy atom. The lowest BCUT2D eigenvalue weighted by Crippen LogP contribution is -2.20. The number of rotatable bonds is 5. The Morgan fingerprint density at radius 1 is 1.50 bits per heavy atom. The largest absolute Gasteiger partial charge is 0.385 e. The van der Waals surface area contributed by atoms with Gasteiger partial charge in [-0.05, 0) is 46.0 Å². The Hall–Kier alpha value is -0.0900. The maximum atomic E-state index is 6.18. The van der Waals surface area contributed by atoms with Crippen molar-refractivity contribution in [2.75, 3.05) is 13.7 Å². The summed E-state index contributed by atoms with van der Waals surface area (Å²) in [5, 5.41) is 0.709. The van der Waals surface area contributed by atoms with Crippen LogP contribution in [0.4, 0.5) is 0 Å². The van der Waals surface area contributed by atoms with Crippen molar-refractivity contribution in [3.63, 3.8) is 0 Å². The molecule has 0 saturated heterocycles. The Labute approximate surface area is 110 Å². The summed E-state index contributed by atoms with van der Waals surface area (Å²) in [4.78, 5) is 0. The van der Waals surface area contributed by atoms with E-state index < -0.39 is 0 Å². The zero-order valence-electron chi connectivity index (χ0n) is 9.54. The van der Waals surface area contributed by atoms with E-state index >= 15 is 0 Å². The molecule has 90 valence electrons. The van der Waals surface area contributed by atoms with Gasteiger partial charge in [0.1, 0.15) is 0 Å². The van der Waals surface area contributed by atoms with Gasteiger partial charge in [-0.15, -0.1) is 0 Å². The van der Waals surface area contributed by atoms with Gasteiger partial charge in [0.15, 0.2) is 0 Å². The fourth-order valence-corrected chi connectivity index (χ4v) is 2.05. The highest BCUT2D eigenvalue weighted by atomic mass is 79.9. The predicted molar refractivity (Wildman–Crippen MR) is 71.7 cm³/mol. The molecular weight excluding hydrogens is 289 g/mol. The van der Waals surface area contributed by atoms with E-state index in [1.54, 1.807) is 7.11 Å². The number of hydrogen-bond donors (Lipinski definition) is 1. The Balaban J connectivity index is 2.71. The van der Waals surface area contributed by atoms with Crippen LogP contribution >= 0.6 is 27.5 Å². The predicted octanol–water partition coefficient (Wildman–Crippen LogP) is 3.77. The molecule has 0 amide bonds. The van der Waals surface area contributed by atoms with Crippen molar-refractivity contribution in [1.82, 2.24) is 0 Å². The van der Waals surface area contributed by atoms with E-state index in [9.17, 15) is 0 Å². The van der Waals surface area contributed by atoms with E-state index in [-0.39, 0.29) is 6.04 Å². The second-order valence-electron chi connectivity index (χ2n) is 3.96. The van der Waals surface area contributed by atoms with Crippen LogP contribution in [0, 0.1) is 5.92 Å². The zero-order valence-corrected chi connectivity index (χ0v) is 11.9. The minimum Gasteiger partial charge on any atom is -0.385 e. The molecule has 0 saturated carbocycles. The minimum absolute atomic E-state index is 0.0173. The monoisotopic (exact) mass is 305 g/mol. The Kier molecular flexibility index (Phi) is 5.76. The first kappa shape index (κ1) is 14.0. The zero-order chi connectivity index (χ0) is 12.1. The van der Waals surface area contributed by atoms with Crippen LogP contribution in [-0.2, 0) is 4.74 Å². The number of methoxy groups -OCH3 is 1. The molecular formula is C12H17BrClNO. The molecule has 0 aliphatic heterocycles. The number of ether oxygens (including phenoxy) is 1. The highest BCUT2D eigenvalue weighted by Gasteiger charge is 2.15. The maximum absolute atomic E-state index is 6.18. The first-order valence-corrected chi connectivity index (χ1v) is 6.42. The molecule has 0 heterocycles. The maximum Gasteiger partial charge on any atom is 0.0548 e. The topological polar surface area (TPSA) is 35.2 Å². The van der Waals surface area contributed by atoms with Gasteiger partial charge in [-0.3, -0.25) is 0 Å². The van der Waals surface area contributed by atoms with Crippen molar-refractivity contribution in [2.45, 2.75) is 19.4 Å². The van der Waals surface area contributed by atoms with E-state index in [1.165, 1.54) is 0 Å². The molecule has 0 spiro atoms. The van der Waals surface area contributed by atoms with Gasteiger partial charge in [0.2, 0.25) is 0 Å². The highest BCUT2D eigenvalue weighted by Crippen LogP contribution is 2.28. The Morgan fingerprint density at radius 3 is 2.75 bits per heavy atom. The number of halogens is 2. The molecule has 0 bridgehead atoms. The van der Waals surface area contributed by atoms with Gasteiger partial charge in [0.05, 0.1) is 5.02 Å². The molecule has 4 heteroatoms. The minimum atomic E-state index is 0.0173. The SMILES string of the molecule is COCCC(C)C(N)c1ccc(Cl)c(Br)c1. The smallest absolute Gasteiger partial charge is 0.0548 e. The second-order valence-corrected chi connectivity index (χ2v) is 5.22. The van der Waals surface area contributed by atoms with Crippen LogP contribution in [0.25, 0.3) is 0 Å². The summed E-state index contributed by atoms with van der Waals surface area (Å²) in [7, 11) is 1.71. The first-order valence-electron chi connectivity index (χ1n) is 5.25. The normalized spacial score (nSPS) is 14.8. The molecule has 0 aliphatic rings. The van der Waals surface area contributed by atoms with E-state index in [2.05, 4.69) is 22.9 Å². The van der Waals surface area contributed by atoms with Crippen LogP contribution in [-0.4, -0.2) is 13.7 Å². The van der Waals surface area contributed by atoms with Crippen LogP contribution in [0.1, 0.15) is 24.9 Å². The molecule has 2 unspecified atom stereocenters. The van der Waals surface area contributed by atoms with Gasteiger partial charge in [0, 0.05) is 24.2 Å². The van der Waals surface area contributed by atoms with Crippen molar-refractivity contribution in [3.05, 3.63) is 33.3 Å². The van der Waals surface area contributed by atoms with Gasteiger partial charge in [0.25, 0.3) is 0 Å². The van der Waals surface area contributed by atoms with Gasteiger partial charge < -0.3 is 10.5 Å². The molecule has 0 fully saturated rings. The lowest BCUT2D eigenvalue weighted by atomic mass is 9.93. The third-order valence-corrected chi connectivity index (χ3v) is 3.93. The van der Waals surface area contributed by atoms with Crippen LogP contribution in [0.15, 0.2) is 22.7 Å². The lowest BCUT2D eigenvalue weighted by Gasteiger charge is -2.20. The van der Waals surface area contributed by atoms with E-state index in [0.29, 0.717) is 10.9 Å². The van der Waals surface area contributed by atoms with Crippen molar-refractivity contribution < 1.29 is 4.74 Å². The van der Waals surface area contributed by atoms with Gasteiger partial charge in [-0.2, -0.15) is 0 Å². The molecule has 2 N–H and O–H groups in total. The molecule has 0 radical (unpaired) electrons. The van der Waals surface area contributed by atoms with E-state index in [1.807, 2.05) is 18.2 Å². The average molecular weight is 307 g/mol. The van der Waals surface area contributed by atoms with E-state index in [4.69, 9.17) is 22.1 Å². The van der Waals surface area contributed by atoms with Crippen molar-refractivity contribution in [3.8, 4) is 0 Å². The summed E-state index contributed by atoms with van der Waals surface area (Å²) in [6.07, 6.45) is 0.956. The molecule has 1 aromatic rings. The number of benzene rings is 1. The quantitative estimate of drug-likeness (QED) is 0.898. The summed E-state index contributed by atoms with van der Waals surface area (Å²) in [6, 6.07) is 5.84. The molecule has 0 aromatic heterocycles. The fourth-order valence-electron chi connectivity index (χ4n) is 1.53. The van der Waals surface area contributed by atoms with Crippen molar-refractivity contribution in [2.24, 2.45) is 11.7 Å². The van der Waals surface area contributed by atoms with Gasteiger partial charge in [-0.25, -0.2) is 0 Å². The van der Waals surface area contributed by atoms with Crippen molar-refractivity contribution >= 4 is 27.5 Å². The molecule has 2 nitrogen and oxygen atoms in total. The van der Waals surface area contributed by atoms with Crippen LogP contribution in [0.5, 0.6) is 0 Å². The summed E-state index contributed by atoms with van der Waals surface area (Å²) in [5.74, 6) is 0.382. The fraction of sp³-hybridized carbons (Fsp3) is 0.500. The first-order chi connectivity index (χ1) is 7.56. The van der Waals surface area contributed by atoms with E-state index in [0.717, 1.165) is 23.1 Å². The van der Waals surface area contributed by atoms with Gasteiger partial charge in [-0.1, -0.05) is 24.6 Å². The van der Waals surface area contributed by atoms with Crippen LogP contribution < -0.4 is 5.73 Å². The van der Waals surface area contributed by atoms with Crippen molar-refractivity contribution in [1.29, 1.82) is 0 Å². The third kappa shape index (κ3) is 3.74. The number of hydrogen-bond acceptors (Lipinski definition) is 2. The highest BCUT2D eigenvalue weighted by molar-refractivity contribution is 9.10. The second kappa shape index (κ2) is 6.60. The summed E-state index contributed by atoms with van der Waals surface area (Å²) in [5.41, 5.74) is 7.28. The Bertz CT molecular complexity index is 346. The summed E-state index contributed by atoms with van der Waals surface area (Å²) in [6.45, 7) is 2.87. The third-order valence-electron chi connectivity index (χ3n) is 2.72. The standard InChI is InChI=1S/C12H17BrClNO/c1-8(5-6-16-2)12(15)9-3-4-11(14)10(13)7-9/h3-4,7-8,12H,5-6,15H2,1-2H3. The lowest BCUT2D eigenvalue weighted by molar-refractivity contribution is 0.174. The van der Waals surface area contributed by atoms with Crippen LogP contribution in [0.3, 0.4) is 0 Å². The van der Waals surface area contributed by atoms with Crippen LogP contribution in [0.2, 0.25) is 5.02 Å². The summed E-state index contributed by atoms with van der Waals surface area (Å²) >= 11 is 9.34. The molecule has 16 heavy (non-hydrogen) atoms. The number of nitrogens with two attached hydrogens (primary N) is 1. The molecule has 1 aromatic carbocycles. The van der Waals surface area contributed by atoms with Gasteiger partial charge >= 0.3 is 0 Å².